The van der Waals surface area contributed by atoms with E-state index < -0.39 is 0 Å². The zero-order valence-electron chi connectivity index (χ0n) is 15.9. The van der Waals surface area contributed by atoms with Crippen LogP contribution in [0.1, 0.15) is 24.0 Å². The van der Waals surface area contributed by atoms with Crippen LogP contribution in [-0.4, -0.2) is 29.0 Å². The van der Waals surface area contributed by atoms with Crippen molar-refractivity contribution in [2.75, 3.05) is 18.0 Å². The molecule has 1 fully saturated rings. The predicted octanol–water partition coefficient (Wildman–Crippen LogP) is 2.76. The zero-order valence-corrected chi connectivity index (χ0v) is 15.9. The second-order valence-electron chi connectivity index (χ2n) is 7.37. The molecule has 1 saturated heterocycles. The molecule has 2 aromatic carbocycles. The molecular weight excluding hydrogens is 352 g/mol. The number of para-hydroxylation sites is 1. The standard InChI is InChI=1S/C22H24N4O2/c1-15-6-8-16(9-7-15)14-23-20(27)17-10-12-26(13-11-17)22-24-19-5-3-2-4-18(19)21(28)25-22/h2-9,17H,10-14H2,1H3,(H,23,27)(H,24,25,28). The van der Waals surface area contributed by atoms with Crippen molar-refractivity contribution < 1.29 is 4.79 Å². The maximum atomic E-state index is 12.5. The third-order valence-corrected chi connectivity index (χ3v) is 5.35. The van der Waals surface area contributed by atoms with Crippen LogP contribution in [0.25, 0.3) is 10.9 Å². The van der Waals surface area contributed by atoms with Gasteiger partial charge in [-0.1, -0.05) is 42.0 Å². The molecule has 3 aromatic rings. The average Bonchev–Trinajstić information content (AvgIpc) is 2.73. The lowest BCUT2D eigenvalue weighted by Gasteiger charge is -2.31. The van der Waals surface area contributed by atoms with Crippen molar-refractivity contribution in [2.24, 2.45) is 5.92 Å². The van der Waals surface area contributed by atoms with E-state index in [-0.39, 0.29) is 17.4 Å². The summed E-state index contributed by atoms with van der Waals surface area (Å²) in [6, 6.07) is 15.5. The lowest BCUT2D eigenvalue weighted by atomic mass is 9.96. The summed E-state index contributed by atoms with van der Waals surface area (Å²) in [6.07, 6.45) is 1.49. The number of amides is 1. The van der Waals surface area contributed by atoms with E-state index in [0.717, 1.165) is 18.4 Å². The monoisotopic (exact) mass is 376 g/mol. The first-order valence-corrected chi connectivity index (χ1v) is 9.67. The highest BCUT2D eigenvalue weighted by molar-refractivity contribution is 5.79. The van der Waals surface area contributed by atoms with E-state index in [9.17, 15) is 9.59 Å². The summed E-state index contributed by atoms with van der Waals surface area (Å²) in [5, 5.41) is 3.64. The first-order valence-electron chi connectivity index (χ1n) is 9.67. The van der Waals surface area contributed by atoms with Gasteiger partial charge in [0.05, 0.1) is 10.9 Å². The van der Waals surface area contributed by atoms with E-state index >= 15 is 0 Å². The number of benzene rings is 2. The molecule has 0 bridgehead atoms. The first kappa shape index (κ1) is 18.2. The summed E-state index contributed by atoms with van der Waals surface area (Å²) < 4.78 is 0. The molecule has 4 rings (SSSR count). The molecule has 0 aliphatic carbocycles. The normalized spacial score (nSPS) is 15.0. The SMILES string of the molecule is Cc1ccc(CNC(=O)C2CCN(c3nc4ccccc4c(=O)[nH]3)CC2)cc1. The number of fused-ring (bicyclic) bond motifs is 1. The number of anilines is 1. The van der Waals surface area contributed by atoms with E-state index in [1.165, 1.54) is 5.56 Å². The van der Waals surface area contributed by atoms with Gasteiger partial charge in [0.25, 0.3) is 5.56 Å². The molecule has 2 N–H and O–H groups in total. The van der Waals surface area contributed by atoms with Gasteiger partial charge < -0.3 is 10.2 Å². The third kappa shape index (κ3) is 3.91. The van der Waals surface area contributed by atoms with Gasteiger partial charge in [0.15, 0.2) is 0 Å². The van der Waals surface area contributed by atoms with Gasteiger partial charge in [0.2, 0.25) is 11.9 Å². The van der Waals surface area contributed by atoms with Gasteiger partial charge in [-0.2, -0.15) is 0 Å². The van der Waals surface area contributed by atoms with Gasteiger partial charge in [-0.3, -0.25) is 14.6 Å². The first-order chi connectivity index (χ1) is 13.6. The Labute approximate surface area is 163 Å². The van der Waals surface area contributed by atoms with Crippen molar-refractivity contribution in [1.29, 1.82) is 0 Å². The largest absolute Gasteiger partial charge is 0.352 e. The molecular formula is C22H24N4O2. The fourth-order valence-electron chi connectivity index (χ4n) is 3.62. The Kier molecular flexibility index (Phi) is 5.10. The number of nitrogens with one attached hydrogen (secondary N) is 2. The van der Waals surface area contributed by atoms with Crippen LogP contribution >= 0.6 is 0 Å². The summed E-state index contributed by atoms with van der Waals surface area (Å²) in [4.78, 5) is 34.3. The lowest BCUT2D eigenvalue weighted by Crippen LogP contribution is -2.41. The Morgan fingerprint density at radius 1 is 1.14 bits per heavy atom. The zero-order chi connectivity index (χ0) is 19.5. The maximum Gasteiger partial charge on any atom is 0.260 e. The van der Waals surface area contributed by atoms with Gasteiger partial charge >= 0.3 is 0 Å². The van der Waals surface area contributed by atoms with Gasteiger partial charge in [-0.15, -0.1) is 0 Å². The lowest BCUT2D eigenvalue weighted by molar-refractivity contribution is -0.125. The number of piperidine rings is 1. The smallest absolute Gasteiger partial charge is 0.260 e. The number of H-pyrrole nitrogens is 1. The van der Waals surface area contributed by atoms with Gasteiger partial charge in [0.1, 0.15) is 0 Å². The van der Waals surface area contributed by atoms with E-state index in [2.05, 4.69) is 32.3 Å². The molecule has 6 nitrogen and oxygen atoms in total. The Hall–Kier alpha value is -3.15. The third-order valence-electron chi connectivity index (χ3n) is 5.35. The number of hydrogen-bond donors (Lipinski definition) is 2. The number of hydrogen-bond acceptors (Lipinski definition) is 4. The number of aromatic amines is 1. The van der Waals surface area contributed by atoms with Gasteiger partial charge in [-0.05, 0) is 37.5 Å². The molecule has 0 atom stereocenters. The molecule has 1 aliphatic heterocycles. The highest BCUT2D eigenvalue weighted by Gasteiger charge is 2.26. The number of rotatable bonds is 4. The highest BCUT2D eigenvalue weighted by atomic mass is 16.2. The molecule has 1 amide bonds. The summed E-state index contributed by atoms with van der Waals surface area (Å²) >= 11 is 0. The van der Waals surface area contributed by atoms with Crippen LogP contribution in [-0.2, 0) is 11.3 Å². The fraction of sp³-hybridized carbons (Fsp3) is 0.318. The van der Waals surface area contributed by atoms with E-state index in [1.54, 1.807) is 6.07 Å². The van der Waals surface area contributed by atoms with Crippen LogP contribution in [0.2, 0.25) is 0 Å². The molecule has 1 aromatic heterocycles. The minimum Gasteiger partial charge on any atom is -0.352 e. The van der Waals surface area contributed by atoms with Crippen molar-refractivity contribution in [3.63, 3.8) is 0 Å². The Balaban J connectivity index is 1.36. The van der Waals surface area contributed by atoms with Crippen LogP contribution < -0.4 is 15.8 Å². The van der Waals surface area contributed by atoms with Gasteiger partial charge in [0, 0.05) is 25.6 Å². The van der Waals surface area contributed by atoms with Crippen molar-refractivity contribution in [2.45, 2.75) is 26.3 Å². The van der Waals surface area contributed by atoms with Crippen LogP contribution in [0.4, 0.5) is 5.95 Å². The number of aryl methyl sites for hydroxylation is 1. The molecule has 0 radical (unpaired) electrons. The molecule has 2 heterocycles. The van der Waals surface area contributed by atoms with Crippen LogP contribution in [0.5, 0.6) is 0 Å². The molecule has 0 saturated carbocycles. The molecule has 6 heteroatoms. The minimum absolute atomic E-state index is 0.00567. The Morgan fingerprint density at radius 2 is 1.86 bits per heavy atom. The summed E-state index contributed by atoms with van der Waals surface area (Å²) in [5.41, 5.74) is 2.88. The second-order valence-corrected chi connectivity index (χ2v) is 7.37. The number of carbonyl (C=O) groups is 1. The topological polar surface area (TPSA) is 78.1 Å². The number of aromatic nitrogens is 2. The quantitative estimate of drug-likeness (QED) is 0.734. The number of carbonyl (C=O) groups excluding carboxylic acids is 1. The predicted molar refractivity (Wildman–Crippen MR) is 110 cm³/mol. The van der Waals surface area contributed by atoms with Crippen molar-refractivity contribution in [3.8, 4) is 0 Å². The van der Waals surface area contributed by atoms with Crippen molar-refractivity contribution in [1.82, 2.24) is 15.3 Å². The summed E-state index contributed by atoms with van der Waals surface area (Å²) in [6.45, 7) is 4.00. The number of nitrogens with zero attached hydrogens (tertiary/aromatic N) is 2. The Morgan fingerprint density at radius 3 is 2.61 bits per heavy atom. The second kappa shape index (κ2) is 7.84. The molecule has 1 aliphatic rings. The van der Waals surface area contributed by atoms with Gasteiger partial charge in [-0.25, -0.2) is 4.98 Å². The van der Waals surface area contributed by atoms with Crippen LogP contribution in [0, 0.1) is 12.8 Å². The average molecular weight is 376 g/mol. The maximum absolute atomic E-state index is 12.5. The van der Waals surface area contributed by atoms with Crippen molar-refractivity contribution in [3.05, 3.63) is 70.0 Å². The molecule has 0 unspecified atom stereocenters. The van der Waals surface area contributed by atoms with E-state index in [4.69, 9.17) is 0 Å². The molecule has 144 valence electrons. The van der Waals surface area contributed by atoms with E-state index in [1.807, 2.05) is 37.3 Å². The Bertz CT molecular complexity index is 1030. The molecule has 28 heavy (non-hydrogen) atoms. The summed E-state index contributed by atoms with van der Waals surface area (Å²) in [7, 11) is 0. The van der Waals surface area contributed by atoms with Crippen LogP contribution in [0.15, 0.2) is 53.3 Å². The van der Waals surface area contributed by atoms with Crippen LogP contribution in [0.3, 0.4) is 0 Å². The fourth-order valence-corrected chi connectivity index (χ4v) is 3.62. The van der Waals surface area contributed by atoms with E-state index in [0.29, 0.717) is 36.5 Å². The highest BCUT2D eigenvalue weighted by Crippen LogP contribution is 2.21. The van der Waals surface area contributed by atoms with Crippen molar-refractivity contribution >= 4 is 22.8 Å². The summed E-state index contributed by atoms with van der Waals surface area (Å²) in [5.74, 6) is 0.677. The minimum atomic E-state index is -0.126. The molecule has 0 spiro atoms.